The second-order valence-electron chi connectivity index (χ2n) is 5.05. The number of ether oxygens (including phenoxy) is 1. The van der Waals surface area contributed by atoms with Gasteiger partial charge in [-0.1, -0.05) is 18.5 Å². The summed E-state index contributed by atoms with van der Waals surface area (Å²) in [5.41, 5.74) is 2.30. The highest BCUT2D eigenvalue weighted by Gasteiger charge is 2.34. The highest BCUT2D eigenvalue weighted by Crippen LogP contribution is 2.27. The molecule has 118 valence electrons. The number of aromatic nitrogens is 1. The molecule has 0 aromatic carbocycles. The molecule has 3 N–H and O–H groups in total. The van der Waals surface area contributed by atoms with Crippen molar-refractivity contribution in [1.82, 2.24) is 9.29 Å². The van der Waals surface area contributed by atoms with E-state index in [1.165, 1.54) is 16.6 Å². The Kier molecular flexibility index (Phi) is 5.05. The molecule has 0 saturated carbocycles. The Bertz CT molecular complexity index is 611. The number of nitrogen functional groups attached to an aromatic ring is 1. The molecule has 0 aliphatic carbocycles. The highest BCUT2D eigenvalue weighted by atomic mass is 35.5. The lowest BCUT2D eigenvalue weighted by Crippen LogP contribution is -2.46. The molecule has 2 unspecified atom stereocenters. The van der Waals surface area contributed by atoms with Crippen LogP contribution in [0.4, 0.5) is 5.82 Å². The van der Waals surface area contributed by atoms with Gasteiger partial charge in [-0.2, -0.15) is 4.31 Å². The lowest BCUT2D eigenvalue weighted by Gasteiger charge is -2.35. The molecule has 2 rings (SSSR count). The molecule has 21 heavy (non-hydrogen) atoms. The molecule has 0 spiro atoms. The first-order chi connectivity index (χ1) is 9.90. The molecule has 1 fully saturated rings. The minimum Gasteiger partial charge on any atom is -0.380 e. The number of nitrogens with one attached hydrogen (secondary N) is 1. The summed E-state index contributed by atoms with van der Waals surface area (Å²) in [6.45, 7) is 2.84. The minimum atomic E-state index is -3.64. The summed E-state index contributed by atoms with van der Waals surface area (Å²) in [6.07, 6.45) is 1.89. The van der Waals surface area contributed by atoms with E-state index in [0.29, 0.717) is 19.0 Å². The van der Waals surface area contributed by atoms with Crippen LogP contribution in [0.5, 0.6) is 0 Å². The summed E-state index contributed by atoms with van der Waals surface area (Å²) in [5.74, 6) is 5.79. The van der Waals surface area contributed by atoms with Gasteiger partial charge in [-0.25, -0.2) is 19.2 Å². The topological polar surface area (TPSA) is 97.5 Å². The van der Waals surface area contributed by atoms with Gasteiger partial charge in [0.05, 0.1) is 11.1 Å². The third-order valence-electron chi connectivity index (χ3n) is 3.75. The lowest BCUT2D eigenvalue weighted by molar-refractivity contribution is 0.0184. The van der Waals surface area contributed by atoms with Gasteiger partial charge in [-0.05, 0) is 18.4 Å². The summed E-state index contributed by atoms with van der Waals surface area (Å²) in [4.78, 5) is 3.96. The molecule has 1 aliphatic heterocycles. The predicted molar refractivity (Wildman–Crippen MR) is 80.4 cm³/mol. The van der Waals surface area contributed by atoms with Gasteiger partial charge in [-0.3, -0.25) is 0 Å². The molecule has 1 aromatic heterocycles. The minimum absolute atomic E-state index is 0.0518. The fourth-order valence-electron chi connectivity index (χ4n) is 2.35. The molecular formula is C12H19ClN4O3S. The quantitative estimate of drug-likeness (QED) is 0.631. The Morgan fingerprint density at radius 3 is 2.86 bits per heavy atom. The third-order valence-corrected chi connectivity index (χ3v) is 5.86. The van der Waals surface area contributed by atoms with Crippen LogP contribution < -0.4 is 11.3 Å². The Hall–Kier alpha value is -0.930. The zero-order valence-electron chi connectivity index (χ0n) is 11.9. The SMILES string of the molecule is COC1CN(S(=O)(=O)c2cnc(NN)c(Cl)c2)CCC1C. The van der Waals surface area contributed by atoms with Crippen LogP contribution >= 0.6 is 11.6 Å². The van der Waals surface area contributed by atoms with Gasteiger partial charge in [-0.15, -0.1) is 0 Å². The van der Waals surface area contributed by atoms with Crippen LogP contribution in [0, 0.1) is 5.92 Å². The Morgan fingerprint density at radius 1 is 1.57 bits per heavy atom. The Morgan fingerprint density at radius 2 is 2.29 bits per heavy atom. The summed E-state index contributed by atoms with van der Waals surface area (Å²) in [6, 6.07) is 1.35. The van der Waals surface area contributed by atoms with Crippen molar-refractivity contribution in [3.8, 4) is 0 Å². The first-order valence-electron chi connectivity index (χ1n) is 6.55. The van der Waals surface area contributed by atoms with Crippen LogP contribution in [0.2, 0.25) is 5.02 Å². The van der Waals surface area contributed by atoms with Gasteiger partial charge in [0.15, 0.2) is 5.82 Å². The van der Waals surface area contributed by atoms with Crippen molar-refractivity contribution in [2.75, 3.05) is 25.6 Å². The Labute approximate surface area is 129 Å². The molecule has 1 aliphatic rings. The average molecular weight is 335 g/mol. The van der Waals surface area contributed by atoms with Crippen LogP contribution in [0.3, 0.4) is 0 Å². The molecule has 1 saturated heterocycles. The first kappa shape index (κ1) is 16.4. The van der Waals surface area contributed by atoms with Crippen LogP contribution in [0.25, 0.3) is 0 Å². The zero-order valence-corrected chi connectivity index (χ0v) is 13.5. The van der Waals surface area contributed by atoms with Gasteiger partial charge in [0.1, 0.15) is 4.90 Å². The monoisotopic (exact) mass is 334 g/mol. The second-order valence-corrected chi connectivity index (χ2v) is 7.39. The van der Waals surface area contributed by atoms with Gasteiger partial charge in [0.25, 0.3) is 0 Å². The molecule has 1 aromatic rings. The van der Waals surface area contributed by atoms with Crippen molar-refractivity contribution in [3.63, 3.8) is 0 Å². The number of piperidine rings is 1. The van der Waals surface area contributed by atoms with Crippen molar-refractivity contribution in [2.24, 2.45) is 11.8 Å². The summed E-state index contributed by atoms with van der Waals surface area (Å²) in [7, 11) is -2.04. The van der Waals surface area contributed by atoms with E-state index >= 15 is 0 Å². The van der Waals surface area contributed by atoms with E-state index in [2.05, 4.69) is 17.3 Å². The van der Waals surface area contributed by atoms with Crippen LogP contribution in [0.1, 0.15) is 13.3 Å². The lowest BCUT2D eigenvalue weighted by atomic mass is 9.97. The van der Waals surface area contributed by atoms with Gasteiger partial charge < -0.3 is 10.2 Å². The number of hydrogen-bond donors (Lipinski definition) is 2. The van der Waals surface area contributed by atoms with Crippen molar-refractivity contribution in [3.05, 3.63) is 17.3 Å². The maximum Gasteiger partial charge on any atom is 0.244 e. The number of hydrogen-bond acceptors (Lipinski definition) is 6. The first-order valence-corrected chi connectivity index (χ1v) is 8.37. The van der Waals surface area contributed by atoms with Crippen LogP contribution in [0.15, 0.2) is 17.2 Å². The number of hydrazine groups is 1. The second kappa shape index (κ2) is 6.45. The molecule has 7 nitrogen and oxygen atoms in total. The molecule has 0 radical (unpaired) electrons. The number of anilines is 1. The zero-order chi connectivity index (χ0) is 15.6. The normalized spacial score (nSPS) is 24.0. The van der Waals surface area contributed by atoms with E-state index in [1.807, 2.05) is 0 Å². The predicted octanol–water partition coefficient (Wildman–Crippen LogP) is 1.07. The average Bonchev–Trinajstić information content (AvgIpc) is 2.47. The third kappa shape index (κ3) is 3.29. The molecular weight excluding hydrogens is 316 g/mol. The van der Waals surface area contributed by atoms with E-state index < -0.39 is 10.0 Å². The van der Waals surface area contributed by atoms with Gasteiger partial charge in [0.2, 0.25) is 10.0 Å². The van der Waals surface area contributed by atoms with E-state index in [1.54, 1.807) is 7.11 Å². The summed E-state index contributed by atoms with van der Waals surface area (Å²) < 4.78 is 32.0. The maximum atomic E-state index is 12.6. The van der Waals surface area contributed by atoms with Gasteiger partial charge in [0, 0.05) is 26.4 Å². The van der Waals surface area contributed by atoms with E-state index in [4.69, 9.17) is 22.2 Å². The fourth-order valence-corrected chi connectivity index (χ4v) is 4.07. The number of nitrogens with zero attached hydrogens (tertiary/aromatic N) is 2. The smallest absolute Gasteiger partial charge is 0.244 e. The van der Waals surface area contributed by atoms with Crippen LogP contribution in [-0.2, 0) is 14.8 Å². The van der Waals surface area contributed by atoms with Crippen molar-refractivity contribution in [2.45, 2.75) is 24.3 Å². The fraction of sp³-hybridized carbons (Fsp3) is 0.583. The Balaban J connectivity index is 2.27. The van der Waals surface area contributed by atoms with Crippen molar-refractivity contribution >= 4 is 27.4 Å². The van der Waals surface area contributed by atoms with Crippen molar-refractivity contribution < 1.29 is 13.2 Å². The maximum absolute atomic E-state index is 12.6. The highest BCUT2D eigenvalue weighted by molar-refractivity contribution is 7.89. The van der Waals surface area contributed by atoms with E-state index in [9.17, 15) is 8.42 Å². The number of sulfonamides is 1. The number of methoxy groups -OCH3 is 1. The largest absolute Gasteiger partial charge is 0.380 e. The molecule has 0 bridgehead atoms. The van der Waals surface area contributed by atoms with E-state index in [0.717, 1.165) is 6.42 Å². The van der Waals surface area contributed by atoms with E-state index in [-0.39, 0.29) is 21.8 Å². The number of rotatable bonds is 4. The molecule has 2 atom stereocenters. The van der Waals surface area contributed by atoms with Crippen molar-refractivity contribution in [1.29, 1.82) is 0 Å². The van der Waals surface area contributed by atoms with Gasteiger partial charge >= 0.3 is 0 Å². The summed E-state index contributed by atoms with van der Waals surface area (Å²) >= 11 is 5.94. The summed E-state index contributed by atoms with van der Waals surface area (Å²) in [5, 5.41) is 0.159. The molecule has 2 heterocycles. The molecule has 9 heteroatoms. The standard InChI is InChI=1S/C12H19ClN4O3S/c1-8-3-4-17(7-11(8)20-2)21(18,19)9-5-10(13)12(16-14)15-6-9/h5-6,8,11H,3-4,7,14H2,1-2H3,(H,15,16). The number of halogens is 1. The van der Waals surface area contributed by atoms with Crippen LogP contribution in [-0.4, -0.2) is 44.0 Å². The number of pyridine rings is 1. The molecule has 0 amide bonds. The number of nitrogens with two attached hydrogens (primary N) is 1.